The maximum Gasteiger partial charge on any atom is 0.305 e. The topological polar surface area (TPSA) is 102 Å². The molecule has 0 aliphatic heterocycles. The number of esters is 1. The Bertz CT molecular complexity index is 466. The van der Waals surface area contributed by atoms with E-state index in [1.165, 1.54) is 70.6 Å². The Morgan fingerprint density at radius 2 is 0.744 bits per heavy atom. The maximum atomic E-state index is 11.8. The third-order valence-corrected chi connectivity index (χ3v) is 6.07. The van der Waals surface area contributed by atoms with E-state index < -0.39 is 0 Å². The predicted molar refractivity (Wildman–Crippen MR) is 153 cm³/mol. The third-order valence-electron chi connectivity index (χ3n) is 6.07. The minimum atomic E-state index is -0.129. The number of hydrogen-bond acceptors (Lipinski definition) is 9. The zero-order valence-electron chi connectivity index (χ0n) is 25.0. The Labute approximate surface area is 238 Å². The summed E-state index contributed by atoms with van der Waals surface area (Å²) in [4.78, 5) is 11.8. The first kappa shape index (κ1) is 38.2. The number of rotatable bonds is 34. The van der Waals surface area contributed by atoms with Gasteiger partial charge in [0.15, 0.2) is 0 Å². The van der Waals surface area contributed by atoms with E-state index in [0.29, 0.717) is 92.3 Å². The maximum absolute atomic E-state index is 11.8. The average molecular weight is 565 g/mol. The van der Waals surface area contributed by atoms with Crippen molar-refractivity contribution in [3.8, 4) is 0 Å². The molecule has 9 nitrogen and oxygen atoms in total. The molecule has 0 aromatic heterocycles. The van der Waals surface area contributed by atoms with Gasteiger partial charge in [0.05, 0.1) is 85.9 Å². The van der Waals surface area contributed by atoms with Crippen molar-refractivity contribution < 1.29 is 43.1 Å². The molecular formula is C30H60O9. The van der Waals surface area contributed by atoms with Crippen molar-refractivity contribution >= 4 is 5.97 Å². The van der Waals surface area contributed by atoms with Crippen LogP contribution in [-0.4, -0.2) is 104 Å². The summed E-state index contributed by atoms with van der Waals surface area (Å²) >= 11 is 0. The average Bonchev–Trinajstić information content (AvgIpc) is 2.94. The SMILES string of the molecule is CCCCCCCCCCCCCCCC(=O)OCCOCCOCCOCCOCCOCCOCCO. The lowest BCUT2D eigenvalue weighted by molar-refractivity contribution is -0.145. The van der Waals surface area contributed by atoms with Crippen LogP contribution in [0.3, 0.4) is 0 Å². The molecule has 0 aromatic carbocycles. The summed E-state index contributed by atoms with van der Waals surface area (Å²) in [5, 5.41) is 8.57. The molecule has 0 aliphatic carbocycles. The van der Waals surface area contributed by atoms with Gasteiger partial charge in [0, 0.05) is 6.42 Å². The molecule has 9 heteroatoms. The predicted octanol–water partition coefficient (Wildman–Crippen LogP) is 5.10. The highest BCUT2D eigenvalue weighted by Gasteiger charge is 2.03. The van der Waals surface area contributed by atoms with Crippen molar-refractivity contribution in [3.05, 3.63) is 0 Å². The number of unbranched alkanes of at least 4 members (excludes halogenated alkanes) is 12. The Hall–Kier alpha value is -0.810. The van der Waals surface area contributed by atoms with E-state index in [1.54, 1.807) is 0 Å². The quantitative estimate of drug-likeness (QED) is 0.0844. The van der Waals surface area contributed by atoms with E-state index in [4.69, 9.17) is 38.3 Å². The van der Waals surface area contributed by atoms with E-state index in [-0.39, 0.29) is 12.6 Å². The standard InChI is InChI=1S/C30H60O9/c1-2-3-4-5-6-7-8-9-10-11-12-13-14-15-30(32)39-29-28-38-27-26-37-25-24-36-23-22-35-21-20-34-19-18-33-17-16-31/h31H,2-29H2,1H3. The zero-order chi connectivity index (χ0) is 28.3. The Kier molecular flexibility index (Phi) is 34.5. The molecule has 39 heavy (non-hydrogen) atoms. The lowest BCUT2D eigenvalue weighted by Gasteiger charge is -2.08. The molecule has 0 saturated heterocycles. The van der Waals surface area contributed by atoms with Crippen LogP contribution in [0.25, 0.3) is 0 Å². The molecule has 0 saturated carbocycles. The molecule has 0 rings (SSSR count). The van der Waals surface area contributed by atoms with Crippen molar-refractivity contribution in [1.29, 1.82) is 0 Å². The van der Waals surface area contributed by atoms with Gasteiger partial charge < -0.3 is 38.3 Å². The smallest absolute Gasteiger partial charge is 0.305 e. The summed E-state index contributed by atoms with van der Waals surface area (Å²) in [7, 11) is 0. The first-order chi connectivity index (χ1) is 19.3. The van der Waals surface area contributed by atoms with Crippen LogP contribution in [0.4, 0.5) is 0 Å². The molecule has 234 valence electrons. The van der Waals surface area contributed by atoms with Crippen LogP contribution in [0.5, 0.6) is 0 Å². The van der Waals surface area contributed by atoms with E-state index >= 15 is 0 Å². The van der Waals surface area contributed by atoms with Crippen LogP contribution in [0.1, 0.15) is 96.8 Å². The first-order valence-electron chi connectivity index (χ1n) is 15.5. The molecule has 0 unspecified atom stereocenters. The third kappa shape index (κ3) is 35.2. The number of aliphatic hydroxyl groups is 1. The lowest BCUT2D eigenvalue weighted by atomic mass is 10.0. The number of carbonyl (C=O) groups is 1. The van der Waals surface area contributed by atoms with Gasteiger partial charge in [0.2, 0.25) is 0 Å². The molecule has 0 atom stereocenters. The molecule has 0 aliphatic rings. The molecule has 1 N–H and O–H groups in total. The Morgan fingerprint density at radius 1 is 0.436 bits per heavy atom. The monoisotopic (exact) mass is 564 g/mol. The van der Waals surface area contributed by atoms with Crippen LogP contribution in [0, 0.1) is 0 Å². The van der Waals surface area contributed by atoms with Crippen LogP contribution in [0.2, 0.25) is 0 Å². The van der Waals surface area contributed by atoms with Gasteiger partial charge in [-0.25, -0.2) is 0 Å². The van der Waals surface area contributed by atoms with Crippen molar-refractivity contribution in [3.63, 3.8) is 0 Å². The normalized spacial score (nSPS) is 11.3. The highest BCUT2D eigenvalue weighted by molar-refractivity contribution is 5.69. The van der Waals surface area contributed by atoms with E-state index in [9.17, 15) is 4.79 Å². The van der Waals surface area contributed by atoms with E-state index in [1.807, 2.05) is 0 Å². The first-order valence-corrected chi connectivity index (χ1v) is 15.5. The minimum absolute atomic E-state index is 0.0279. The molecule has 0 bridgehead atoms. The van der Waals surface area contributed by atoms with Crippen LogP contribution >= 0.6 is 0 Å². The van der Waals surface area contributed by atoms with Gasteiger partial charge >= 0.3 is 5.97 Å². The summed E-state index contributed by atoms with van der Waals surface area (Å²) in [5.74, 6) is -0.129. The van der Waals surface area contributed by atoms with Crippen molar-refractivity contribution in [2.75, 3.05) is 92.5 Å². The fourth-order valence-electron chi connectivity index (χ4n) is 3.84. The van der Waals surface area contributed by atoms with Crippen molar-refractivity contribution in [1.82, 2.24) is 0 Å². The van der Waals surface area contributed by atoms with Crippen molar-refractivity contribution in [2.45, 2.75) is 96.8 Å². The van der Waals surface area contributed by atoms with Crippen LogP contribution in [-0.2, 0) is 38.0 Å². The summed E-state index contributed by atoms with van der Waals surface area (Å²) in [6.45, 7) is 8.23. The lowest BCUT2D eigenvalue weighted by Crippen LogP contribution is -2.15. The molecule has 0 fully saturated rings. The van der Waals surface area contributed by atoms with Gasteiger partial charge in [-0.3, -0.25) is 4.79 Å². The van der Waals surface area contributed by atoms with E-state index in [0.717, 1.165) is 12.8 Å². The number of hydrogen-bond donors (Lipinski definition) is 1. The summed E-state index contributed by atoms with van der Waals surface area (Å²) in [6, 6.07) is 0. The summed E-state index contributed by atoms with van der Waals surface area (Å²) in [5.41, 5.74) is 0. The summed E-state index contributed by atoms with van der Waals surface area (Å²) < 4.78 is 37.3. The number of aliphatic hydroxyl groups excluding tert-OH is 1. The molecular weight excluding hydrogens is 504 g/mol. The van der Waals surface area contributed by atoms with Gasteiger partial charge in [0.25, 0.3) is 0 Å². The molecule has 0 spiro atoms. The highest BCUT2D eigenvalue weighted by Crippen LogP contribution is 2.13. The second-order valence-corrected chi connectivity index (χ2v) is 9.61. The number of ether oxygens (including phenoxy) is 7. The van der Waals surface area contributed by atoms with Gasteiger partial charge in [-0.2, -0.15) is 0 Å². The minimum Gasteiger partial charge on any atom is -0.463 e. The largest absolute Gasteiger partial charge is 0.463 e. The van der Waals surface area contributed by atoms with Gasteiger partial charge in [-0.15, -0.1) is 0 Å². The highest BCUT2D eigenvalue weighted by atomic mass is 16.6. The fourth-order valence-corrected chi connectivity index (χ4v) is 3.84. The van der Waals surface area contributed by atoms with Crippen molar-refractivity contribution in [2.24, 2.45) is 0 Å². The molecule has 0 aromatic rings. The second kappa shape index (κ2) is 35.2. The second-order valence-electron chi connectivity index (χ2n) is 9.61. The van der Waals surface area contributed by atoms with Gasteiger partial charge in [-0.1, -0.05) is 84.0 Å². The molecule has 0 amide bonds. The van der Waals surface area contributed by atoms with Gasteiger partial charge in [0.1, 0.15) is 6.61 Å². The molecule has 0 heterocycles. The van der Waals surface area contributed by atoms with Crippen LogP contribution in [0.15, 0.2) is 0 Å². The summed E-state index contributed by atoms with van der Waals surface area (Å²) in [6.07, 6.45) is 17.4. The van der Waals surface area contributed by atoms with Gasteiger partial charge in [-0.05, 0) is 6.42 Å². The molecule has 0 radical (unpaired) electrons. The van der Waals surface area contributed by atoms with E-state index in [2.05, 4.69) is 6.92 Å². The zero-order valence-corrected chi connectivity index (χ0v) is 25.0. The fraction of sp³-hybridized carbons (Fsp3) is 0.967. The number of carbonyl (C=O) groups excluding carboxylic acids is 1. The Balaban J connectivity index is 3.13. The Morgan fingerprint density at radius 3 is 1.10 bits per heavy atom. The van der Waals surface area contributed by atoms with Crippen LogP contribution < -0.4 is 0 Å².